The number of morpholine rings is 1. The predicted octanol–water partition coefficient (Wildman–Crippen LogP) is 3.30. The van der Waals surface area contributed by atoms with Gasteiger partial charge in [-0.1, -0.05) is 24.3 Å². The van der Waals surface area contributed by atoms with Crippen LogP contribution in [0.3, 0.4) is 0 Å². The van der Waals surface area contributed by atoms with Crippen molar-refractivity contribution in [2.24, 2.45) is 4.99 Å². The fraction of sp³-hybridized carbons (Fsp3) is 0.522. The summed E-state index contributed by atoms with van der Waals surface area (Å²) in [6, 6.07) is 13.5. The minimum absolute atomic E-state index is 0. The Morgan fingerprint density at radius 2 is 1.93 bits per heavy atom. The van der Waals surface area contributed by atoms with E-state index in [9.17, 15) is 0 Å². The highest BCUT2D eigenvalue weighted by Gasteiger charge is 2.26. The number of aryl methyl sites for hydroxylation is 2. The first-order valence-corrected chi connectivity index (χ1v) is 10.6. The van der Waals surface area contributed by atoms with Gasteiger partial charge in [-0.25, -0.2) is 0 Å². The SMILES string of the molecule is CN=C(NCC(c1ccc(C)o1)N1CCOCC1)NC1CCc2ccccc2C1.I. The first-order chi connectivity index (χ1) is 14.2. The molecule has 0 saturated carbocycles. The molecule has 164 valence electrons. The van der Waals surface area contributed by atoms with Crippen LogP contribution in [0.1, 0.15) is 35.1 Å². The molecule has 2 unspecified atom stereocenters. The fourth-order valence-corrected chi connectivity index (χ4v) is 4.33. The maximum atomic E-state index is 5.97. The number of aliphatic imine (C=N–C) groups is 1. The lowest BCUT2D eigenvalue weighted by Gasteiger charge is -2.34. The molecule has 2 aromatic rings. The Labute approximate surface area is 196 Å². The van der Waals surface area contributed by atoms with E-state index >= 15 is 0 Å². The van der Waals surface area contributed by atoms with E-state index in [2.05, 4.69) is 50.9 Å². The lowest BCUT2D eigenvalue weighted by atomic mass is 9.88. The van der Waals surface area contributed by atoms with Gasteiger partial charge in [-0.2, -0.15) is 0 Å². The quantitative estimate of drug-likeness (QED) is 0.357. The van der Waals surface area contributed by atoms with E-state index in [1.165, 1.54) is 11.1 Å². The fourth-order valence-electron chi connectivity index (χ4n) is 4.33. The second kappa shape index (κ2) is 11.2. The van der Waals surface area contributed by atoms with Gasteiger partial charge in [0.1, 0.15) is 11.5 Å². The average molecular weight is 524 g/mol. The van der Waals surface area contributed by atoms with E-state index in [4.69, 9.17) is 9.15 Å². The highest BCUT2D eigenvalue weighted by molar-refractivity contribution is 14.0. The van der Waals surface area contributed by atoms with Gasteiger partial charge >= 0.3 is 0 Å². The molecule has 4 rings (SSSR count). The van der Waals surface area contributed by atoms with Crippen LogP contribution >= 0.6 is 24.0 Å². The van der Waals surface area contributed by atoms with E-state index in [1.54, 1.807) is 0 Å². The van der Waals surface area contributed by atoms with Gasteiger partial charge in [0, 0.05) is 32.7 Å². The number of furan rings is 1. The summed E-state index contributed by atoms with van der Waals surface area (Å²) in [4.78, 5) is 6.90. The van der Waals surface area contributed by atoms with Crippen molar-refractivity contribution in [2.45, 2.75) is 38.3 Å². The molecule has 2 heterocycles. The largest absolute Gasteiger partial charge is 0.465 e. The van der Waals surface area contributed by atoms with Crippen LogP contribution in [-0.4, -0.2) is 56.8 Å². The van der Waals surface area contributed by atoms with Crippen LogP contribution in [0.2, 0.25) is 0 Å². The maximum absolute atomic E-state index is 5.97. The number of ether oxygens (including phenoxy) is 1. The molecule has 1 aliphatic carbocycles. The smallest absolute Gasteiger partial charge is 0.191 e. The molecule has 1 aromatic heterocycles. The standard InChI is InChI=1S/C23H32N4O2.HI/c1-17-7-10-22(29-17)21(27-11-13-28-14-12-27)16-25-23(24-2)26-20-9-8-18-5-3-4-6-19(18)15-20;/h3-7,10,20-21H,8-9,11-16H2,1-2H3,(H2,24,25,26);1H. The second-order valence-corrected chi connectivity index (χ2v) is 7.92. The van der Waals surface area contributed by atoms with Gasteiger partial charge in [-0.05, 0) is 49.4 Å². The molecule has 0 bridgehead atoms. The molecule has 1 fully saturated rings. The summed E-state index contributed by atoms with van der Waals surface area (Å²) >= 11 is 0. The summed E-state index contributed by atoms with van der Waals surface area (Å²) in [5.41, 5.74) is 2.93. The Hall–Kier alpha value is -1.58. The first kappa shape index (κ1) is 23.1. The monoisotopic (exact) mass is 524 g/mol. The van der Waals surface area contributed by atoms with Gasteiger partial charge in [0.25, 0.3) is 0 Å². The maximum Gasteiger partial charge on any atom is 0.191 e. The van der Waals surface area contributed by atoms with Crippen LogP contribution in [0.5, 0.6) is 0 Å². The molecular weight excluding hydrogens is 491 g/mol. The zero-order chi connectivity index (χ0) is 20.1. The number of benzene rings is 1. The van der Waals surface area contributed by atoms with Crippen molar-refractivity contribution in [3.63, 3.8) is 0 Å². The number of hydrogen-bond acceptors (Lipinski definition) is 4. The number of rotatable bonds is 5. The molecular formula is C23H33IN4O2. The molecule has 1 aromatic carbocycles. The van der Waals surface area contributed by atoms with Crippen molar-refractivity contribution in [1.29, 1.82) is 0 Å². The van der Waals surface area contributed by atoms with Gasteiger partial charge in [-0.3, -0.25) is 9.89 Å². The Kier molecular flexibility index (Phi) is 8.59. The number of nitrogens with one attached hydrogen (secondary N) is 2. The highest BCUT2D eigenvalue weighted by atomic mass is 127. The van der Waals surface area contributed by atoms with Crippen LogP contribution in [0, 0.1) is 6.92 Å². The summed E-state index contributed by atoms with van der Waals surface area (Å²) in [7, 11) is 1.84. The first-order valence-electron chi connectivity index (χ1n) is 10.6. The molecule has 1 aliphatic heterocycles. The summed E-state index contributed by atoms with van der Waals surface area (Å²) in [6.45, 7) is 6.11. The topological polar surface area (TPSA) is 62.0 Å². The molecule has 2 aliphatic rings. The molecule has 2 N–H and O–H groups in total. The Bertz CT molecular complexity index is 832. The molecule has 0 radical (unpaired) electrons. The minimum atomic E-state index is 0. The van der Waals surface area contributed by atoms with E-state index in [0.29, 0.717) is 6.04 Å². The average Bonchev–Trinajstić information content (AvgIpc) is 3.19. The summed E-state index contributed by atoms with van der Waals surface area (Å²) < 4.78 is 11.5. The lowest BCUT2D eigenvalue weighted by molar-refractivity contribution is 0.0124. The van der Waals surface area contributed by atoms with Crippen LogP contribution < -0.4 is 10.6 Å². The Morgan fingerprint density at radius 1 is 1.17 bits per heavy atom. The normalized spacial score (nSPS) is 20.7. The number of fused-ring (bicyclic) bond motifs is 1. The second-order valence-electron chi connectivity index (χ2n) is 7.92. The number of nitrogens with zero attached hydrogens (tertiary/aromatic N) is 2. The third kappa shape index (κ3) is 5.76. The van der Waals surface area contributed by atoms with Crippen molar-refractivity contribution >= 4 is 29.9 Å². The third-order valence-electron chi connectivity index (χ3n) is 5.95. The zero-order valence-electron chi connectivity index (χ0n) is 17.9. The molecule has 0 spiro atoms. The van der Waals surface area contributed by atoms with Crippen molar-refractivity contribution in [3.8, 4) is 0 Å². The van der Waals surface area contributed by atoms with Crippen LogP contribution in [0.15, 0.2) is 45.8 Å². The van der Waals surface area contributed by atoms with Crippen molar-refractivity contribution in [1.82, 2.24) is 15.5 Å². The number of guanidine groups is 1. The van der Waals surface area contributed by atoms with Gasteiger partial charge < -0.3 is 19.8 Å². The third-order valence-corrected chi connectivity index (χ3v) is 5.95. The van der Waals surface area contributed by atoms with Gasteiger partial charge in [0.15, 0.2) is 5.96 Å². The molecule has 7 heteroatoms. The highest BCUT2D eigenvalue weighted by Crippen LogP contribution is 2.24. The van der Waals surface area contributed by atoms with E-state index < -0.39 is 0 Å². The minimum Gasteiger partial charge on any atom is -0.465 e. The van der Waals surface area contributed by atoms with E-state index in [1.807, 2.05) is 20.0 Å². The van der Waals surface area contributed by atoms with Crippen LogP contribution in [0.4, 0.5) is 0 Å². The van der Waals surface area contributed by atoms with E-state index in [0.717, 1.165) is 69.6 Å². The van der Waals surface area contributed by atoms with Crippen molar-refractivity contribution in [3.05, 3.63) is 59.0 Å². The lowest BCUT2D eigenvalue weighted by Crippen LogP contribution is -2.49. The van der Waals surface area contributed by atoms with Crippen molar-refractivity contribution in [2.75, 3.05) is 39.9 Å². The van der Waals surface area contributed by atoms with Gasteiger partial charge in [0.05, 0.1) is 19.3 Å². The van der Waals surface area contributed by atoms with Crippen LogP contribution in [-0.2, 0) is 17.6 Å². The van der Waals surface area contributed by atoms with Gasteiger partial charge in [-0.15, -0.1) is 24.0 Å². The molecule has 1 saturated heterocycles. The summed E-state index contributed by atoms with van der Waals surface area (Å²) in [6.07, 6.45) is 3.29. The predicted molar refractivity (Wildman–Crippen MR) is 131 cm³/mol. The number of hydrogen-bond donors (Lipinski definition) is 2. The molecule has 6 nitrogen and oxygen atoms in total. The molecule has 30 heavy (non-hydrogen) atoms. The zero-order valence-corrected chi connectivity index (χ0v) is 20.2. The molecule has 0 amide bonds. The van der Waals surface area contributed by atoms with Crippen LogP contribution in [0.25, 0.3) is 0 Å². The summed E-state index contributed by atoms with van der Waals surface area (Å²) in [5.74, 6) is 2.80. The molecule has 2 atom stereocenters. The summed E-state index contributed by atoms with van der Waals surface area (Å²) in [5, 5.41) is 7.17. The van der Waals surface area contributed by atoms with Gasteiger partial charge in [0.2, 0.25) is 0 Å². The number of halogens is 1. The Morgan fingerprint density at radius 3 is 2.63 bits per heavy atom. The van der Waals surface area contributed by atoms with Crippen molar-refractivity contribution < 1.29 is 9.15 Å². The van der Waals surface area contributed by atoms with E-state index in [-0.39, 0.29) is 30.0 Å². The Balaban J connectivity index is 0.00000256.